The third-order valence-corrected chi connectivity index (χ3v) is 2.34. The van der Waals surface area contributed by atoms with Crippen molar-refractivity contribution in [2.45, 2.75) is 13.8 Å². The van der Waals surface area contributed by atoms with Crippen LogP contribution in [0.15, 0.2) is 79.4 Å². The maximum Gasteiger partial charge on any atom is 0.330 e. The third kappa shape index (κ3) is 11.0. The van der Waals surface area contributed by atoms with E-state index < -0.39 is 5.97 Å². The predicted octanol–water partition coefficient (Wildman–Crippen LogP) is 4.97. The van der Waals surface area contributed by atoms with Gasteiger partial charge in [0.2, 0.25) is 0 Å². The first-order valence-electron chi connectivity index (χ1n) is 6.55. The van der Waals surface area contributed by atoms with Crippen LogP contribution in [0, 0.1) is 6.92 Å². The summed E-state index contributed by atoms with van der Waals surface area (Å²) in [6.07, 6.45) is 1.83. The standard InChI is InChI=1S/C8H8.C7H8.C4H6O2/c1-2-8-6-4-3-5-7-8;1-7-5-3-2-4-6-7;1-3(2)4(5)6/h2-7H,1H2;2-6H,1H3;1H2,2H3,(H,5,6). The number of hydrogen-bond acceptors (Lipinski definition) is 1. The number of aliphatic carboxylic acids is 1. The van der Waals surface area contributed by atoms with Crippen molar-refractivity contribution in [3.63, 3.8) is 0 Å². The lowest BCUT2D eigenvalue weighted by Crippen LogP contribution is -1.92. The smallest absolute Gasteiger partial charge is 0.330 e. The van der Waals surface area contributed by atoms with Crippen LogP contribution in [-0.2, 0) is 4.79 Å². The van der Waals surface area contributed by atoms with Crippen LogP contribution >= 0.6 is 0 Å². The lowest BCUT2D eigenvalue weighted by molar-refractivity contribution is -0.132. The van der Waals surface area contributed by atoms with Gasteiger partial charge in [-0.2, -0.15) is 0 Å². The van der Waals surface area contributed by atoms with Gasteiger partial charge in [0.1, 0.15) is 0 Å². The summed E-state index contributed by atoms with van der Waals surface area (Å²) >= 11 is 0. The fourth-order valence-electron chi connectivity index (χ4n) is 1.12. The molecule has 0 aromatic heterocycles. The summed E-state index contributed by atoms with van der Waals surface area (Å²) in [5.74, 6) is -0.935. The van der Waals surface area contributed by atoms with E-state index in [2.05, 4.69) is 32.2 Å². The number of carbonyl (C=O) groups is 1. The highest BCUT2D eigenvalue weighted by Gasteiger charge is 1.90. The van der Waals surface area contributed by atoms with E-state index in [0.29, 0.717) is 0 Å². The van der Waals surface area contributed by atoms with Gasteiger partial charge in [-0.25, -0.2) is 4.79 Å². The van der Waals surface area contributed by atoms with Crippen molar-refractivity contribution in [3.8, 4) is 0 Å². The molecule has 2 nitrogen and oxygen atoms in total. The molecule has 21 heavy (non-hydrogen) atoms. The van der Waals surface area contributed by atoms with Crippen LogP contribution in [0.5, 0.6) is 0 Å². The van der Waals surface area contributed by atoms with Gasteiger partial charge in [-0.1, -0.05) is 85.5 Å². The average Bonchev–Trinajstić information content (AvgIpc) is 2.50. The van der Waals surface area contributed by atoms with E-state index in [9.17, 15) is 4.79 Å². The molecule has 0 radical (unpaired) electrons. The second-order valence-electron chi connectivity index (χ2n) is 4.35. The molecule has 0 spiro atoms. The molecule has 0 aliphatic rings. The van der Waals surface area contributed by atoms with Crippen LogP contribution < -0.4 is 0 Å². The van der Waals surface area contributed by atoms with E-state index in [0.717, 1.165) is 0 Å². The van der Waals surface area contributed by atoms with E-state index in [1.54, 1.807) is 0 Å². The second kappa shape index (κ2) is 11.2. The van der Waals surface area contributed by atoms with Gasteiger partial charge < -0.3 is 5.11 Å². The van der Waals surface area contributed by atoms with E-state index in [-0.39, 0.29) is 5.57 Å². The first kappa shape index (κ1) is 18.4. The van der Waals surface area contributed by atoms with Gasteiger partial charge in [0, 0.05) is 5.57 Å². The Bertz CT molecular complexity index is 530. The Balaban J connectivity index is 0.000000290. The number of rotatable bonds is 2. The minimum atomic E-state index is -0.935. The van der Waals surface area contributed by atoms with Gasteiger partial charge in [-0.15, -0.1) is 0 Å². The predicted molar refractivity (Wildman–Crippen MR) is 90.2 cm³/mol. The highest BCUT2D eigenvalue weighted by molar-refractivity contribution is 5.84. The molecule has 0 aliphatic carbocycles. The Morgan fingerprint density at radius 2 is 1.38 bits per heavy atom. The minimum Gasteiger partial charge on any atom is -0.478 e. The van der Waals surface area contributed by atoms with Crippen molar-refractivity contribution in [3.05, 3.63) is 90.5 Å². The molecular formula is C19H22O2. The summed E-state index contributed by atoms with van der Waals surface area (Å²) in [5, 5.41) is 7.89. The fourth-order valence-corrected chi connectivity index (χ4v) is 1.12. The summed E-state index contributed by atoms with van der Waals surface area (Å²) in [5.41, 5.74) is 2.67. The quantitative estimate of drug-likeness (QED) is 0.789. The Morgan fingerprint density at radius 3 is 1.57 bits per heavy atom. The Kier molecular flexibility index (Phi) is 9.84. The Morgan fingerprint density at radius 1 is 1.00 bits per heavy atom. The van der Waals surface area contributed by atoms with Crippen molar-refractivity contribution in [1.29, 1.82) is 0 Å². The number of hydrogen-bond donors (Lipinski definition) is 1. The summed E-state index contributed by atoms with van der Waals surface area (Å²) in [6, 6.07) is 20.3. The first-order valence-corrected chi connectivity index (χ1v) is 6.55. The van der Waals surface area contributed by atoms with Crippen LogP contribution in [-0.4, -0.2) is 11.1 Å². The van der Waals surface area contributed by atoms with Crippen LogP contribution in [0.2, 0.25) is 0 Å². The molecule has 0 heterocycles. The lowest BCUT2D eigenvalue weighted by atomic mass is 10.2. The molecule has 0 fully saturated rings. The molecule has 0 aliphatic heterocycles. The molecule has 0 bridgehead atoms. The number of carboxylic acids is 1. The van der Waals surface area contributed by atoms with Crippen LogP contribution in [0.3, 0.4) is 0 Å². The van der Waals surface area contributed by atoms with E-state index in [1.165, 1.54) is 18.1 Å². The summed E-state index contributed by atoms with van der Waals surface area (Å²) in [4.78, 5) is 9.60. The molecule has 2 rings (SSSR count). The highest BCUT2D eigenvalue weighted by atomic mass is 16.4. The largest absolute Gasteiger partial charge is 0.478 e. The summed E-state index contributed by atoms with van der Waals surface area (Å²) < 4.78 is 0. The minimum absolute atomic E-state index is 0.176. The van der Waals surface area contributed by atoms with Gasteiger partial charge in [-0.3, -0.25) is 0 Å². The summed E-state index contributed by atoms with van der Waals surface area (Å²) in [6.45, 7) is 10.3. The first-order chi connectivity index (χ1) is 9.97. The summed E-state index contributed by atoms with van der Waals surface area (Å²) in [7, 11) is 0. The van der Waals surface area contributed by atoms with E-state index >= 15 is 0 Å². The molecule has 0 saturated carbocycles. The number of benzene rings is 2. The lowest BCUT2D eigenvalue weighted by Gasteiger charge is -1.85. The zero-order chi connectivity index (χ0) is 16.1. The van der Waals surface area contributed by atoms with Gasteiger partial charge in [0.15, 0.2) is 0 Å². The Labute approximate surface area is 127 Å². The van der Waals surface area contributed by atoms with Gasteiger partial charge in [-0.05, 0) is 19.4 Å². The molecule has 0 saturated heterocycles. The monoisotopic (exact) mass is 282 g/mol. The maximum absolute atomic E-state index is 9.60. The maximum atomic E-state index is 9.60. The zero-order valence-electron chi connectivity index (χ0n) is 12.6. The fraction of sp³-hybridized carbons (Fsp3) is 0.105. The number of aryl methyl sites for hydroxylation is 1. The second-order valence-corrected chi connectivity index (χ2v) is 4.35. The molecule has 2 heteroatoms. The SMILES string of the molecule is C=C(C)C(=O)O.C=Cc1ccccc1.Cc1ccccc1. The molecule has 2 aromatic carbocycles. The number of carboxylic acid groups (broad SMARTS) is 1. The molecule has 1 N–H and O–H groups in total. The van der Waals surface area contributed by atoms with Gasteiger partial charge in [0.25, 0.3) is 0 Å². The van der Waals surface area contributed by atoms with Crippen LogP contribution in [0.25, 0.3) is 6.08 Å². The highest BCUT2D eigenvalue weighted by Crippen LogP contribution is 1.97. The Hall–Kier alpha value is -2.61. The van der Waals surface area contributed by atoms with Crippen LogP contribution in [0.4, 0.5) is 0 Å². The van der Waals surface area contributed by atoms with Crippen molar-refractivity contribution in [1.82, 2.24) is 0 Å². The molecule has 0 unspecified atom stereocenters. The topological polar surface area (TPSA) is 37.3 Å². The molecule has 2 aromatic rings. The van der Waals surface area contributed by atoms with Crippen molar-refractivity contribution in [2.75, 3.05) is 0 Å². The van der Waals surface area contributed by atoms with Crippen LogP contribution in [0.1, 0.15) is 18.1 Å². The van der Waals surface area contributed by atoms with Crippen molar-refractivity contribution in [2.24, 2.45) is 0 Å². The average molecular weight is 282 g/mol. The van der Waals surface area contributed by atoms with Crippen molar-refractivity contribution < 1.29 is 9.90 Å². The molecule has 110 valence electrons. The third-order valence-electron chi connectivity index (χ3n) is 2.34. The van der Waals surface area contributed by atoms with E-state index in [4.69, 9.17) is 5.11 Å². The van der Waals surface area contributed by atoms with Crippen molar-refractivity contribution >= 4 is 12.0 Å². The normalized spacial score (nSPS) is 8.29. The molecular weight excluding hydrogens is 260 g/mol. The molecule has 0 atom stereocenters. The van der Waals surface area contributed by atoms with Gasteiger partial charge in [0.05, 0.1) is 0 Å². The van der Waals surface area contributed by atoms with E-state index in [1.807, 2.05) is 54.6 Å². The molecule has 0 amide bonds. The zero-order valence-corrected chi connectivity index (χ0v) is 12.6. The van der Waals surface area contributed by atoms with Gasteiger partial charge >= 0.3 is 5.97 Å².